The SMILES string of the molecule is COc1ccc(OC)c(-c2nc(CN3CCC[C@H](O)C3)c(C)o2)c1. The summed E-state index contributed by atoms with van der Waals surface area (Å²) in [7, 11) is 3.25. The van der Waals surface area contributed by atoms with Crippen LogP contribution in [0.4, 0.5) is 0 Å². The third-order valence-electron chi connectivity index (χ3n) is 4.38. The van der Waals surface area contributed by atoms with Gasteiger partial charge in [0.15, 0.2) is 0 Å². The molecule has 130 valence electrons. The van der Waals surface area contributed by atoms with Crippen molar-refractivity contribution in [2.24, 2.45) is 0 Å². The summed E-state index contributed by atoms with van der Waals surface area (Å²) in [4.78, 5) is 6.87. The number of oxazole rings is 1. The van der Waals surface area contributed by atoms with Crippen LogP contribution < -0.4 is 9.47 Å². The molecule has 0 radical (unpaired) electrons. The minimum absolute atomic E-state index is 0.246. The van der Waals surface area contributed by atoms with Crippen LogP contribution in [0.25, 0.3) is 11.5 Å². The van der Waals surface area contributed by atoms with E-state index in [0.29, 0.717) is 24.7 Å². The molecule has 0 saturated carbocycles. The molecule has 1 aromatic heterocycles. The molecule has 6 nitrogen and oxygen atoms in total. The molecule has 1 N–H and O–H groups in total. The van der Waals surface area contributed by atoms with Crippen molar-refractivity contribution < 1.29 is 19.0 Å². The molecule has 1 aromatic carbocycles. The van der Waals surface area contributed by atoms with E-state index >= 15 is 0 Å². The molecule has 0 amide bonds. The lowest BCUT2D eigenvalue weighted by atomic mass is 10.1. The maximum absolute atomic E-state index is 9.82. The number of aryl methyl sites for hydroxylation is 1. The second-order valence-electron chi connectivity index (χ2n) is 6.12. The number of aromatic nitrogens is 1. The average molecular weight is 332 g/mol. The number of piperidine rings is 1. The van der Waals surface area contributed by atoms with Crippen molar-refractivity contribution >= 4 is 0 Å². The van der Waals surface area contributed by atoms with Crippen LogP contribution in [0.2, 0.25) is 0 Å². The Balaban J connectivity index is 1.86. The summed E-state index contributed by atoms with van der Waals surface area (Å²) in [6.07, 6.45) is 1.64. The highest BCUT2D eigenvalue weighted by Crippen LogP contribution is 2.34. The molecule has 0 unspecified atom stereocenters. The molecular formula is C18H24N2O4. The molecule has 1 aliphatic heterocycles. The van der Waals surface area contributed by atoms with Crippen LogP contribution in [-0.2, 0) is 6.54 Å². The summed E-state index contributed by atoms with van der Waals surface area (Å²) in [6, 6.07) is 5.54. The van der Waals surface area contributed by atoms with Gasteiger partial charge >= 0.3 is 0 Å². The fourth-order valence-electron chi connectivity index (χ4n) is 3.06. The minimum atomic E-state index is -0.246. The van der Waals surface area contributed by atoms with Crippen molar-refractivity contribution in [1.82, 2.24) is 9.88 Å². The third-order valence-corrected chi connectivity index (χ3v) is 4.38. The Morgan fingerprint density at radius 1 is 1.33 bits per heavy atom. The van der Waals surface area contributed by atoms with Gasteiger partial charge in [-0.05, 0) is 44.5 Å². The Bertz CT molecular complexity index is 698. The van der Waals surface area contributed by atoms with E-state index < -0.39 is 0 Å². The normalized spacial score (nSPS) is 18.6. The fourth-order valence-corrected chi connectivity index (χ4v) is 3.06. The van der Waals surface area contributed by atoms with E-state index in [1.54, 1.807) is 14.2 Å². The number of hydrogen-bond donors (Lipinski definition) is 1. The fraction of sp³-hybridized carbons (Fsp3) is 0.500. The molecule has 1 saturated heterocycles. The summed E-state index contributed by atoms with van der Waals surface area (Å²) in [5.41, 5.74) is 1.66. The number of methoxy groups -OCH3 is 2. The summed E-state index contributed by atoms with van der Waals surface area (Å²) in [5, 5.41) is 9.82. The van der Waals surface area contributed by atoms with Crippen molar-refractivity contribution in [3.05, 3.63) is 29.7 Å². The molecule has 1 atom stereocenters. The molecule has 3 rings (SSSR count). The van der Waals surface area contributed by atoms with Crippen molar-refractivity contribution in [3.63, 3.8) is 0 Å². The first-order chi connectivity index (χ1) is 11.6. The second-order valence-corrected chi connectivity index (χ2v) is 6.12. The van der Waals surface area contributed by atoms with E-state index in [2.05, 4.69) is 9.88 Å². The Kier molecular flexibility index (Phi) is 5.06. The summed E-state index contributed by atoms with van der Waals surface area (Å²) in [6.45, 7) is 4.25. The van der Waals surface area contributed by atoms with Gasteiger partial charge in [-0.25, -0.2) is 4.98 Å². The first kappa shape index (κ1) is 16.8. The molecular weight excluding hydrogens is 308 g/mol. The number of hydrogen-bond acceptors (Lipinski definition) is 6. The third kappa shape index (κ3) is 3.55. The quantitative estimate of drug-likeness (QED) is 0.908. The lowest BCUT2D eigenvalue weighted by Crippen LogP contribution is -2.37. The average Bonchev–Trinajstić information content (AvgIpc) is 2.95. The highest BCUT2D eigenvalue weighted by molar-refractivity contribution is 5.65. The van der Waals surface area contributed by atoms with Gasteiger partial charge in [-0.15, -0.1) is 0 Å². The zero-order valence-corrected chi connectivity index (χ0v) is 14.4. The van der Waals surface area contributed by atoms with E-state index in [4.69, 9.17) is 13.9 Å². The number of ether oxygens (including phenoxy) is 2. The molecule has 2 aromatic rings. The number of aliphatic hydroxyl groups excluding tert-OH is 1. The molecule has 0 bridgehead atoms. The van der Waals surface area contributed by atoms with E-state index in [9.17, 15) is 5.11 Å². The van der Waals surface area contributed by atoms with Gasteiger partial charge in [0.2, 0.25) is 5.89 Å². The van der Waals surface area contributed by atoms with Gasteiger partial charge < -0.3 is 19.0 Å². The zero-order valence-electron chi connectivity index (χ0n) is 14.4. The first-order valence-electron chi connectivity index (χ1n) is 8.20. The van der Waals surface area contributed by atoms with Gasteiger partial charge in [0.05, 0.1) is 31.6 Å². The van der Waals surface area contributed by atoms with Gasteiger partial charge in [0.1, 0.15) is 17.3 Å². The summed E-state index contributed by atoms with van der Waals surface area (Å²) < 4.78 is 16.6. The molecule has 6 heteroatoms. The minimum Gasteiger partial charge on any atom is -0.497 e. The van der Waals surface area contributed by atoms with Crippen molar-refractivity contribution in [3.8, 4) is 23.0 Å². The smallest absolute Gasteiger partial charge is 0.230 e. The Labute approximate surface area is 142 Å². The highest BCUT2D eigenvalue weighted by Gasteiger charge is 2.21. The van der Waals surface area contributed by atoms with Gasteiger partial charge in [-0.2, -0.15) is 0 Å². The maximum Gasteiger partial charge on any atom is 0.230 e. The summed E-state index contributed by atoms with van der Waals surface area (Å²) >= 11 is 0. The lowest BCUT2D eigenvalue weighted by molar-refractivity contribution is 0.0660. The van der Waals surface area contributed by atoms with Gasteiger partial charge in [0.25, 0.3) is 0 Å². The highest BCUT2D eigenvalue weighted by atomic mass is 16.5. The van der Waals surface area contributed by atoms with Crippen molar-refractivity contribution in [2.75, 3.05) is 27.3 Å². The van der Waals surface area contributed by atoms with Gasteiger partial charge in [-0.1, -0.05) is 0 Å². The van der Waals surface area contributed by atoms with E-state index in [-0.39, 0.29) is 6.10 Å². The predicted octanol–water partition coefficient (Wildman–Crippen LogP) is 2.62. The number of rotatable bonds is 5. The number of likely N-dealkylation sites (tertiary alicyclic amines) is 1. The topological polar surface area (TPSA) is 68.0 Å². The Morgan fingerprint density at radius 3 is 2.88 bits per heavy atom. The van der Waals surface area contributed by atoms with Crippen LogP contribution in [0.15, 0.2) is 22.6 Å². The largest absolute Gasteiger partial charge is 0.497 e. The molecule has 0 aliphatic carbocycles. The van der Waals surface area contributed by atoms with Crippen molar-refractivity contribution in [1.29, 1.82) is 0 Å². The maximum atomic E-state index is 9.82. The van der Waals surface area contributed by atoms with Crippen LogP contribution in [0.5, 0.6) is 11.5 Å². The zero-order chi connectivity index (χ0) is 17.1. The van der Waals surface area contributed by atoms with E-state index in [1.807, 2.05) is 25.1 Å². The standard InChI is InChI=1S/C18H24N2O4/c1-12-16(11-20-8-4-5-13(21)10-20)19-18(24-12)15-9-14(22-2)6-7-17(15)23-3/h6-7,9,13,21H,4-5,8,10-11H2,1-3H3/t13-/m0/s1. The summed E-state index contributed by atoms with van der Waals surface area (Å²) in [5.74, 6) is 2.73. The second kappa shape index (κ2) is 7.23. The Morgan fingerprint density at radius 2 is 2.17 bits per heavy atom. The van der Waals surface area contributed by atoms with Gasteiger partial charge in [-0.3, -0.25) is 4.90 Å². The predicted molar refractivity (Wildman–Crippen MR) is 90.3 cm³/mol. The molecule has 1 aliphatic rings. The van der Waals surface area contributed by atoms with Crippen LogP contribution >= 0.6 is 0 Å². The Hall–Kier alpha value is -2.05. The first-order valence-corrected chi connectivity index (χ1v) is 8.20. The van der Waals surface area contributed by atoms with E-state index in [0.717, 1.165) is 42.2 Å². The number of aliphatic hydroxyl groups is 1. The lowest BCUT2D eigenvalue weighted by Gasteiger charge is -2.29. The molecule has 2 heterocycles. The number of β-amino-alcohol motifs (C(OH)–C–C–N with tert-alkyl or cyclic N) is 1. The monoisotopic (exact) mass is 332 g/mol. The van der Waals surface area contributed by atoms with Crippen LogP contribution in [0, 0.1) is 6.92 Å². The van der Waals surface area contributed by atoms with Crippen LogP contribution in [-0.4, -0.2) is 48.4 Å². The van der Waals surface area contributed by atoms with Crippen molar-refractivity contribution in [2.45, 2.75) is 32.4 Å². The van der Waals surface area contributed by atoms with E-state index in [1.165, 1.54) is 0 Å². The van der Waals surface area contributed by atoms with Crippen LogP contribution in [0.1, 0.15) is 24.3 Å². The molecule has 0 spiro atoms. The van der Waals surface area contributed by atoms with Gasteiger partial charge in [0, 0.05) is 13.1 Å². The molecule has 24 heavy (non-hydrogen) atoms. The number of nitrogens with zero attached hydrogens (tertiary/aromatic N) is 2. The van der Waals surface area contributed by atoms with Crippen LogP contribution in [0.3, 0.4) is 0 Å². The number of benzene rings is 1. The molecule has 1 fully saturated rings.